The minimum absolute atomic E-state index is 0.133. The Morgan fingerprint density at radius 2 is 2.00 bits per heavy atom. The fourth-order valence-electron chi connectivity index (χ4n) is 3.00. The Bertz CT molecular complexity index is 800. The van der Waals surface area contributed by atoms with Gasteiger partial charge in [-0.25, -0.2) is 9.78 Å². The highest BCUT2D eigenvalue weighted by atomic mass is 19.4. The molecular formula is C15H14F3N3O3. The number of halogens is 3. The van der Waals surface area contributed by atoms with Crippen molar-refractivity contribution in [3.8, 4) is 0 Å². The Balaban J connectivity index is 1.97. The van der Waals surface area contributed by atoms with Crippen LogP contribution in [0.15, 0.2) is 24.3 Å². The molecule has 0 aliphatic carbocycles. The summed E-state index contributed by atoms with van der Waals surface area (Å²) in [7, 11) is 0. The Morgan fingerprint density at radius 1 is 1.29 bits per heavy atom. The number of para-hydroxylation sites is 2. The van der Waals surface area contributed by atoms with Gasteiger partial charge in [-0.2, -0.15) is 13.2 Å². The lowest BCUT2D eigenvalue weighted by molar-refractivity contribution is -0.151. The maximum Gasteiger partial charge on any atom is 0.449 e. The lowest BCUT2D eigenvalue weighted by Crippen LogP contribution is -2.42. The minimum atomic E-state index is -4.71. The molecule has 1 aromatic heterocycles. The molecular weight excluding hydrogens is 327 g/mol. The number of carbonyl (C=O) groups is 2. The maximum absolute atomic E-state index is 13.2. The molecule has 1 amide bonds. The number of imidazole rings is 1. The van der Waals surface area contributed by atoms with Crippen molar-refractivity contribution in [1.82, 2.24) is 14.5 Å². The van der Waals surface area contributed by atoms with Crippen molar-refractivity contribution in [3.63, 3.8) is 0 Å². The fraction of sp³-hybridized carbons (Fsp3) is 0.400. The van der Waals surface area contributed by atoms with Gasteiger partial charge < -0.3 is 14.6 Å². The van der Waals surface area contributed by atoms with E-state index in [0.717, 1.165) is 9.47 Å². The largest absolute Gasteiger partial charge is 0.480 e. The first-order valence-corrected chi connectivity index (χ1v) is 7.34. The van der Waals surface area contributed by atoms with Crippen LogP contribution in [-0.4, -0.2) is 44.0 Å². The highest BCUT2D eigenvalue weighted by Gasteiger charge is 2.39. The number of alkyl halides is 3. The zero-order valence-electron chi connectivity index (χ0n) is 12.5. The van der Waals surface area contributed by atoms with Crippen molar-refractivity contribution in [1.29, 1.82) is 0 Å². The Kier molecular flexibility index (Phi) is 3.94. The molecule has 0 unspecified atom stereocenters. The predicted molar refractivity (Wildman–Crippen MR) is 77.1 cm³/mol. The van der Waals surface area contributed by atoms with Crippen molar-refractivity contribution in [3.05, 3.63) is 30.1 Å². The molecule has 9 heteroatoms. The first kappa shape index (κ1) is 16.3. The van der Waals surface area contributed by atoms with E-state index in [1.807, 2.05) is 0 Å². The van der Waals surface area contributed by atoms with Gasteiger partial charge >= 0.3 is 12.1 Å². The van der Waals surface area contributed by atoms with E-state index < -0.39 is 36.5 Å². The van der Waals surface area contributed by atoms with Gasteiger partial charge in [0.15, 0.2) is 0 Å². The van der Waals surface area contributed by atoms with Crippen molar-refractivity contribution < 1.29 is 27.9 Å². The Hall–Kier alpha value is -2.58. The SMILES string of the molecule is O=C(O)[C@H]1CCCN1C(=O)Cn1c(C(F)(F)F)nc2ccccc21. The van der Waals surface area contributed by atoms with Gasteiger partial charge in [-0.15, -0.1) is 0 Å². The first-order valence-electron chi connectivity index (χ1n) is 7.34. The number of hydrogen-bond donors (Lipinski definition) is 1. The average Bonchev–Trinajstić information content (AvgIpc) is 3.12. The first-order chi connectivity index (χ1) is 11.3. The number of nitrogens with zero attached hydrogens (tertiary/aromatic N) is 3. The number of aliphatic carboxylic acids is 1. The summed E-state index contributed by atoms with van der Waals surface area (Å²) < 4.78 is 40.5. The van der Waals surface area contributed by atoms with Gasteiger partial charge in [-0.3, -0.25) is 4.79 Å². The highest BCUT2D eigenvalue weighted by Crippen LogP contribution is 2.31. The maximum atomic E-state index is 13.2. The van der Waals surface area contributed by atoms with Crippen molar-refractivity contribution in [2.24, 2.45) is 0 Å². The van der Waals surface area contributed by atoms with Crippen LogP contribution in [0.3, 0.4) is 0 Å². The van der Waals surface area contributed by atoms with E-state index in [9.17, 15) is 22.8 Å². The molecule has 1 aromatic carbocycles. The molecule has 2 aromatic rings. The molecule has 6 nitrogen and oxygen atoms in total. The van der Waals surface area contributed by atoms with Gasteiger partial charge in [0.1, 0.15) is 12.6 Å². The van der Waals surface area contributed by atoms with Crippen LogP contribution >= 0.6 is 0 Å². The third-order valence-electron chi connectivity index (χ3n) is 4.06. The van der Waals surface area contributed by atoms with Crippen LogP contribution in [-0.2, 0) is 22.3 Å². The number of hydrogen-bond acceptors (Lipinski definition) is 3. The van der Waals surface area contributed by atoms with Crippen molar-refractivity contribution in [2.75, 3.05) is 6.54 Å². The third-order valence-corrected chi connectivity index (χ3v) is 4.06. The molecule has 1 atom stereocenters. The average molecular weight is 341 g/mol. The summed E-state index contributed by atoms with van der Waals surface area (Å²) in [6, 6.07) is 5.01. The van der Waals surface area contributed by atoms with Gasteiger partial charge in [-0.1, -0.05) is 12.1 Å². The quantitative estimate of drug-likeness (QED) is 0.928. The number of benzene rings is 1. The fourth-order valence-corrected chi connectivity index (χ4v) is 3.00. The lowest BCUT2D eigenvalue weighted by Gasteiger charge is -2.22. The van der Waals surface area contributed by atoms with E-state index in [1.54, 1.807) is 12.1 Å². The smallest absolute Gasteiger partial charge is 0.449 e. The predicted octanol–water partition coefficient (Wildman–Crippen LogP) is 2.13. The zero-order valence-corrected chi connectivity index (χ0v) is 12.5. The van der Waals surface area contributed by atoms with Crippen LogP contribution in [0, 0.1) is 0 Å². The van der Waals surface area contributed by atoms with E-state index in [0.29, 0.717) is 12.8 Å². The number of aromatic nitrogens is 2. The molecule has 0 spiro atoms. The molecule has 1 saturated heterocycles. The van der Waals surface area contributed by atoms with E-state index in [4.69, 9.17) is 5.11 Å². The van der Waals surface area contributed by atoms with Gasteiger partial charge in [-0.05, 0) is 25.0 Å². The number of amides is 1. The second-order valence-electron chi connectivity index (χ2n) is 5.59. The van der Waals surface area contributed by atoms with Crippen LogP contribution in [0.5, 0.6) is 0 Å². The highest BCUT2D eigenvalue weighted by molar-refractivity contribution is 5.85. The zero-order chi connectivity index (χ0) is 17.5. The molecule has 128 valence electrons. The molecule has 1 fully saturated rings. The van der Waals surface area contributed by atoms with Gasteiger partial charge in [0.25, 0.3) is 0 Å². The standard InChI is InChI=1S/C15H14F3N3O3/c16-15(17,18)14-19-9-4-1-2-5-10(9)21(14)8-12(22)20-7-3-6-11(20)13(23)24/h1-2,4-5,11H,3,6-8H2,(H,23,24)/t11-/m1/s1. The van der Waals surface area contributed by atoms with Crippen molar-refractivity contribution in [2.45, 2.75) is 31.6 Å². The molecule has 1 aliphatic heterocycles. The van der Waals surface area contributed by atoms with E-state index in [1.165, 1.54) is 12.1 Å². The summed E-state index contributed by atoms with van der Waals surface area (Å²) in [6.07, 6.45) is -3.89. The summed E-state index contributed by atoms with van der Waals surface area (Å²) in [5, 5.41) is 9.12. The Labute approximate surface area is 134 Å². The molecule has 0 radical (unpaired) electrons. The van der Waals surface area contributed by atoms with Crippen LogP contribution in [0.25, 0.3) is 11.0 Å². The number of rotatable bonds is 3. The van der Waals surface area contributed by atoms with Gasteiger partial charge in [0.2, 0.25) is 11.7 Å². The number of carbonyl (C=O) groups excluding carboxylic acids is 1. The minimum Gasteiger partial charge on any atom is -0.480 e. The summed E-state index contributed by atoms with van der Waals surface area (Å²) in [5.41, 5.74) is 0.318. The monoisotopic (exact) mass is 341 g/mol. The molecule has 0 bridgehead atoms. The van der Waals surface area contributed by atoms with Crippen molar-refractivity contribution >= 4 is 22.9 Å². The van der Waals surface area contributed by atoms with Gasteiger partial charge in [0.05, 0.1) is 11.0 Å². The second-order valence-corrected chi connectivity index (χ2v) is 5.59. The second kappa shape index (κ2) is 5.81. The normalized spacial score (nSPS) is 18.3. The van der Waals surface area contributed by atoms with Crippen LogP contribution in [0.4, 0.5) is 13.2 Å². The molecule has 1 aliphatic rings. The topological polar surface area (TPSA) is 75.4 Å². The molecule has 0 saturated carbocycles. The summed E-state index contributed by atoms with van der Waals surface area (Å²) in [4.78, 5) is 28.3. The van der Waals surface area contributed by atoms with E-state index in [-0.39, 0.29) is 17.6 Å². The molecule has 24 heavy (non-hydrogen) atoms. The number of fused-ring (bicyclic) bond motifs is 1. The summed E-state index contributed by atoms with van der Waals surface area (Å²) >= 11 is 0. The summed E-state index contributed by atoms with van der Waals surface area (Å²) in [5.74, 6) is -2.97. The molecule has 1 N–H and O–H groups in total. The van der Waals surface area contributed by atoms with E-state index in [2.05, 4.69) is 4.98 Å². The van der Waals surface area contributed by atoms with Crippen LogP contribution in [0.1, 0.15) is 18.7 Å². The Morgan fingerprint density at radius 3 is 2.67 bits per heavy atom. The van der Waals surface area contributed by atoms with Crippen LogP contribution in [0.2, 0.25) is 0 Å². The number of carboxylic acid groups (broad SMARTS) is 1. The van der Waals surface area contributed by atoms with Crippen LogP contribution < -0.4 is 0 Å². The number of likely N-dealkylation sites (tertiary alicyclic amines) is 1. The number of carboxylic acids is 1. The van der Waals surface area contributed by atoms with Gasteiger partial charge in [0, 0.05) is 6.54 Å². The third kappa shape index (κ3) is 2.81. The molecule has 2 heterocycles. The lowest BCUT2D eigenvalue weighted by atomic mass is 10.2. The van der Waals surface area contributed by atoms with E-state index >= 15 is 0 Å². The molecule has 3 rings (SSSR count). The summed E-state index contributed by atoms with van der Waals surface area (Å²) in [6.45, 7) is -0.372.